The first-order chi connectivity index (χ1) is 14.5. The highest BCUT2D eigenvalue weighted by Gasteiger charge is 2.31. The number of ether oxygens (including phenoxy) is 3. The molecule has 9 heteroatoms. The van der Waals surface area contributed by atoms with E-state index in [1.54, 1.807) is 18.1 Å². The third-order valence-corrected chi connectivity index (χ3v) is 7.17. The first kappa shape index (κ1) is 20.5. The molecule has 2 heterocycles. The van der Waals surface area contributed by atoms with Gasteiger partial charge in [-0.15, -0.1) is 0 Å². The molecular formula is C21H24N2O6S. The quantitative estimate of drug-likeness (QED) is 0.713. The molecule has 0 radical (unpaired) electrons. The van der Waals surface area contributed by atoms with Gasteiger partial charge in [0, 0.05) is 37.8 Å². The summed E-state index contributed by atoms with van der Waals surface area (Å²) < 4.78 is 43.7. The minimum absolute atomic E-state index is 0.0455. The van der Waals surface area contributed by atoms with E-state index in [9.17, 15) is 13.2 Å². The first-order valence-corrected chi connectivity index (χ1v) is 11.2. The lowest BCUT2D eigenvalue weighted by Crippen LogP contribution is -2.50. The highest BCUT2D eigenvalue weighted by atomic mass is 32.2. The number of para-hydroxylation sites is 1. The predicted molar refractivity (Wildman–Crippen MR) is 109 cm³/mol. The summed E-state index contributed by atoms with van der Waals surface area (Å²) in [4.78, 5) is 14.6. The maximum Gasteiger partial charge on any atom is 0.243 e. The van der Waals surface area contributed by atoms with Gasteiger partial charge in [0.2, 0.25) is 15.9 Å². The lowest BCUT2D eigenvalue weighted by atomic mass is 10.1. The molecule has 0 bridgehead atoms. The molecule has 0 saturated carbocycles. The molecule has 2 aromatic rings. The minimum atomic E-state index is -3.67. The van der Waals surface area contributed by atoms with E-state index in [1.807, 2.05) is 24.3 Å². The Hall–Kier alpha value is -2.78. The summed E-state index contributed by atoms with van der Waals surface area (Å²) in [6, 6.07) is 12.1. The Bertz CT molecular complexity index is 1030. The van der Waals surface area contributed by atoms with Crippen LogP contribution in [0.4, 0.5) is 0 Å². The third kappa shape index (κ3) is 4.08. The van der Waals surface area contributed by atoms with Crippen LogP contribution in [0.1, 0.15) is 5.56 Å². The second-order valence-electron chi connectivity index (χ2n) is 7.08. The summed E-state index contributed by atoms with van der Waals surface area (Å²) in [5.41, 5.74) is 0.816. The monoisotopic (exact) mass is 432 g/mol. The number of carbonyl (C=O) groups is 1. The summed E-state index contributed by atoms with van der Waals surface area (Å²) in [6.07, 6.45) is 0.221. The molecule has 4 rings (SSSR count). The van der Waals surface area contributed by atoms with Gasteiger partial charge < -0.3 is 19.1 Å². The molecule has 1 fully saturated rings. The van der Waals surface area contributed by atoms with E-state index in [-0.39, 0.29) is 30.3 Å². The number of piperazine rings is 1. The molecule has 0 atom stereocenters. The number of carbonyl (C=O) groups excluding carboxylic acids is 1. The Labute approximate surface area is 176 Å². The number of hydrogen-bond acceptors (Lipinski definition) is 6. The largest absolute Gasteiger partial charge is 0.496 e. The Morgan fingerprint density at radius 2 is 1.70 bits per heavy atom. The van der Waals surface area contributed by atoms with Gasteiger partial charge in [0.25, 0.3) is 0 Å². The number of nitrogens with zero attached hydrogens (tertiary/aromatic N) is 2. The standard InChI is InChI=1S/C21H24N2O6S/c1-27-18-5-3-2-4-16(18)14-21(24)22-8-10-23(11-9-22)30(25,26)17-6-7-19-20(15-17)29-13-12-28-19/h2-7,15H,8-14H2,1H3. The number of hydrogen-bond donors (Lipinski definition) is 0. The van der Waals surface area contributed by atoms with Crippen LogP contribution < -0.4 is 14.2 Å². The van der Waals surface area contributed by atoms with Crippen molar-refractivity contribution >= 4 is 15.9 Å². The fourth-order valence-electron chi connectivity index (χ4n) is 3.63. The van der Waals surface area contributed by atoms with Crippen LogP contribution in [0.5, 0.6) is 17.2 Å². The van der Waals surface area contributed by atoms with Crippen LogP contribution >= 0.6 is 0 Å². The maximum atomic E-state index is 13.0. The molecule has 2 aliphatic rings. The van der Waals surface area contributed by atoms with Crippen LogP contribution in [-0.2, 0) is 21.2 Å². The van der Waals surface area contributed by atoms with E-state index in [0.717, 1.165) is 5.56 Å². The zero-order valence-electron chi connectivity index (χ0n) is 16.7. The summed E-state index contributed by atoms with van der Waals surface area (Å²) >= 11 is 0. The van der Waals surface area contributed by atoms with Crippen LogP contribution in [0.25, 0.3) is 0 Å². The molecule has 2 aromatic carbocycles. The molecule has 8 nitrogen and oxygen atoms in total. The summed E-state index contributed by atoms with van der Waals surface area (Å²) in [6.45, 7) is 2.02. The van der Waals surface area contributed by atoms with E-state index in [0.29, 0.717) is 43.6 Å². The number of methoxy groups -OCH3 is 1. The van der Waals surface area contributed by atoms with Gasteiger partial charge in [-0.3, -0.25) is 4.79 Å². The zero-order valence-corrected chi connectivity index (χ0v) is 17.6. The number of fused-ring (bicyclic) bond motifs is 1. The minimum Gasteiger partial charge on any atom is -0.496 e. The molecule has 1 saturated heterocycles. The Balaban J connectivity index is 1.40. The molecule has 0 aliphatic carbocycles. The van der Waals surface area contributed by atoms with Crippen molar-refractivity contribution in [1.82, 2.24) is 9.21 Å². The molecule has 1 amide bonds. The summed E-state index contributed by atoms with van der Waals surface area (Å²) in [5.74, 6) is 1.61. The topological polar surface area (TPSA) is 85.4 Å². The number of amides is 1. The molecule has 2 aliphatic heterocycles. The van der Waals surface area contributed by atoms with Crippen LogP contribution in [0.2, 0.25) is 0 Å². The van der Waals surface area contributed by atoms with Crippen LogP contribution in [0.15, 0.2) is 47.4 Å². The predicted octanol–water partition coefficient (Wildman–Crippen LogP) is 1.54. The lowest BCUT2D eigenvalue weighted by Gasteiger charge is -2.34. The van der Waals surface area contributed by atoms with Gasteiger partial charge in [-0.05, 0) is 18.2 Å². The van der Waals surface area contributed by atoms with Crippen molar-refractivity contribution in [2.24, 2.45) is 0 Å². The van der Waals surface area contributed by atoms with Gasteiger partial charge in [-0.1, -0.05) is 18.2 Å². The second-order valence-corrected chi connectivity index (χ2v) is 9.02. The average Bonchev–Trinajstić information content (AvgIpc) is 2.79. The van der Waals surface area contributed by atoms with Crippen molar-refractivity contribution in [3.63, 3.8) is 0 Å². The number of sulfonamides is 1. The molecule has 0 aromatic heterocycles. The first-order valence-electron chi connectivity index (χ1n) is 9.78. The van der Waals surface area contributed by atoms with Gasteiger partial charge in [0.05, 0.1) is 18.4 Å². The SMILES string of the molecule is COc1ccccc1CC(=O)N1CCN(S(=O)(=O)c2ccc3c(c2)OCCO3)CC1. The lowest BCUT2D eigenvalue weighted by molar-refractivity contribution is -0.131. The average molecular weight is 432 g/mol. The Morgan fingerprint density at radius 3 is 2.43 bits per heavy atom. The number of benzene rings is 2. The highest BCUT2D eigenvalue weighted by molar-refractivity contribution is 7.89. The molecule has 0 spiro atoms. The summed E-state index contributed by atoms with van der Waals surface area (Å²) in [5, 5.41) is 0. The zero-order chi connectivity index (χ0) is 21.1. The van der Waals surface area contributed by atoms with Crippen molar-refractivity contribution in [2.45, 2.75) is 11.3 Å². The van der Waals surface area contributed by atoms with E-state index in [2.05, 4.69) is 0 Å². The van der Waals surface area contributed by atoms with Crippen LogP contribution in [0.3, 0.4) is 0 Å². The third-order valence-electron chi connectivity index (χ3n) is 5.28. The fraction of sp³-hybridized carbons (Fsp3) is 0.381. The smallest absolute Gasteiger partial charge is 0.243 e. The van der Waals surface area contributed by atoms with Gasteiger partial charge in [0.15, 0.2) is 11.5 Å². The van der Waals surface area contributed by atoms with Gasteiger partial charge in [-0.2, -0.15) is 4.31 Å². The summed E-state index contributed by atoms with van der Waals surface area (Å²) in [7, 11) is -2.10. The van der Waals surface area contributed by atoms with Gasteiger partial charge >= 0.3 is 0 Å². The fourth-order valence-corrected chi connectivity index (χ4v) is 5.07. The van der Waals surface area contributed by atoms with E-state index in [1.165, 1.54) is 16.4 Å². The molecule has 30 heavy (non-hydrogen) atoms. The van der Waals surface area contributed by atoms with Crippen molar-refractivity contribution in [3.8, 4) is 17.2 Å². The molecular weight excluding hydrogens is 408 g/mol. The molecule has 0 unspecified atom stereocenters. The van der Waals surface area contributed by atoms with Gasteiger partial charge in [0.1, 0.15) is 19.0 Å². The van der Waals surface area contributed by atoms with Crippen LogP contribution in [0, 0.1) is 0 Å². The maximum absolute atomic E-state index is 13.0. The van der Waals surface area contributed by atoms with E-state index < -0.39 is 10.0 Å². The van der Waals surface area contributed by atoms with Crippen molar-refractivity contribution in [2.75, 3.05) is 46.5 Å². The van der Waals surface area contributed by atoms with Crippen molar-refractivity contribution in [1.29, 1.82) is 0 Å². The Kier molecular flexibility index (Phi) is 5.83. The van der Waals surface area contributed by atoms with E-state index >= 15 is 0 Å². The second kappa shape index (κ2) is 8.53. The Morgan fingerprint density at radius 1 is 1.00 bits per heavy atom. The number of rotatable bonds is 5. The van der Waals surface area contributed by atoms with Crippen molar-refractivity contribution < 1.29 is 27.4 Å². The van der Waals surface area contributed by atoms with Gasteiger partial charge in [-0.25, -0.2) is 8.42 Å². The van der Waals surface area contributed by atoms with E-state index in [4.69, 9.17) is 14.2 Å². The molecule has 0 N–H and O–H groups in total. The van der Waals surface area contributed by atoms with Crippen molar-refractivity contribution in [3.05, 3.63) is 48.0 Å². The highest BCUT2D eigenvalue weighted by Crippen LogP contribution is 2.33. The molecule has 160 valence electrons. The normalized spacial score (nSPS) is 16.9. The van der Waals surface area contributed by atoms with Crippen LogP contribution in [-0.4, -0.2) is 70.0 Å².